The Hall–Kier alpha value is -1.76. The summed E-state index contributed by atoms with van der Waals surface area (Å²) in [5.74, 6) is -0.375. The van der Waals surface area contributed by atoms with Gasteiger partial charge in [0.1, 0.15) is 12.4 Å². The largest absolute Gasteiger partial charge is 0.435 e. The van der Waals surface area contributed by atoms with Crippen LogP contribution in [0.4, 0.5) is 14.5 Å². The van der Waals surface area contributed by atoms with Gasteiger partial charge in [0, 0.05) is 6.07 Å². The summed E-state index contributed by atoms with van der Waals surface area (Å²) < 4.78 is 27.6. The highest BCUT2D eigenvalue weighted by Crippen LogP contribution is 2.24. The second-order valence-corrected chi connectivity index (χ2v) is 2.52. The Kier molecular flexibility index (Phi) is 3.51. The van der Waals surface area contributed by atoms with Crippen LogP contribution >= 0.6 is 0 Å². The molecule has 1 rings (SSSR count). The predicted octanol–water partition coefficient (Wildman–Crippen LogP) is 2.08. The first-order valence-electron chi connectivity index (χ1n) is 3.74. The van der Waals surface area contributed by atoms with Crippen molar-refractivity contribution in [2.24, 2.45) is 0 Å². The summed E-state index contributed by atoms with van der Waals surface area (Å²) in [6, 6.07) is 2.93. The summed E-state index contributed by atoms with van der Waals surface area (Å²) in [7, 11) is 0. The van der Waals surface area contributed by atoms with Crippen molar-refractivity contribution in [3.63, 3.8) is 0 Å². The molecule has 1 radical (unpaired) electrons. The van der Waals surface area contributed by atoms with Gasteiger partial charge in [0.2, 0.25) is 0 Å². The van der Waals surface area contributed by atoms with E-state index in [9.17, 15) is 18.9 Å². The molecule has 0 amide bonds. The quantitative estimate of drug-likeness (QED) is 0.620. The first-order valence-corrected chi connectivity index (χ1v) is 3.74. The van der Waals surface area contributed by atoms with Gasteiger partial charge in [0.15, 0.2) is 0 Å². The Morgan fingerprint density at radius 1 is 1.47 bits per heavy atom. The highest BCUT2D eigenvalue weighted by atomic mass is 19.3. The molecule has 0 unspecified atom stereocenters. The van der Waals surface area contributed by atoms with Crippen molar-refractivity contribution in [1.82, 2.24) is 0 Å². The van der Waals surface area contributed by atoms with Gasteiger partial charge in [0.05, 0.1) is 11.0 Å². The minimum Gasteiger partial charge on any atom is -0.435 e. The fourth-order valence-corrected chi connectivity index (χ4v) is 0.957. The van der Waals surface area contributed by atoms with Gasteiger partial charge >= 0.3 is 6.61 Å². The topological polar surface area (TPSA) is 72.6 Å². The van der Waals surface area contributed by atoms with Crippen molar-refractivity contribution in [1.29, 1.82) is 0 Å². The van der Waals surface area contributed by atoms with Crippen LogP contribution in [0.15, 0.2) is 18.2 Å². The standard InChI is InChI=1S/C8H6F2NO4/c9-8(10)15-7-2-5(4-12)1-6(3-7)11(13)14/h1-4,8,12H. The van der Waals surface area contributed by atoms with Crippen LogP contribution in [0.3, 0.4) is 0 Å². The molecule has 81 valence electrons. The number of aliphatic hydroxyl groups is 1. The number of benzene rings is 1. The fourth-order valence-electron chi connectivity index (χ4n) is 0.957. The van der Waals surface area contributed by atoms with Gasteiger partial charge in [0.25, 0.3) is 5.69 Å². The van der Waals surface area contributed by atoms with Crippen LogP contribution in [0.2, 0.25) is 0 Å². The number of rotatable bonds is 4. The van der Waals surface area contributed by atoms with E-state index in [4.69, 9.17) is 5.11 Å². The van der Waals surface area contributed by atoms with Crippen LogP contribution in [0, 0.1) is 16.7 Å². The zero-order valence-electron chi connectivity index (χ0n) is 7.26. The number of nitro groups is 1. The van der Waals surface area contributed by atoms with E-state index in [0.29, 0.717) is 6.61 Å². The Labute approximate surface area is 83.1 Å². The summed E-state index contributed by atoms with van der Waals surface area (Å²) >= 11 is 0. The molecule has 1 N–H and O–H groups in total. The molecule has 7 heteroatoms. The predicted molar refractivity (Wildman–Crippen MR) is 45.1 cm³/mol. The van der Waals surface area contributed by atoms with Crippen LogP contribution in [-0.2, 0) is 0 Å². The smallest absolute Gasteiger partial charge is 0.387 e. The minimum absolute atomic E-state index is 0.0138. The van der Waals surface area contributed by atoms with Gasteiger partial charge in [-0.25, -0.2) is 0 Å². The third-order valence-corrected chi connectivity index (χ3v) is 1.50. The van der Waals surface area contributed by atoms with Crippen molar-refractivity contribution in [2.45, 2.75) is 6.61 Å². The highest BCUT2D eigenvalue weighted by Gasteiger charge is 2.13. The van der Waals surface area contributed by atoms with Crippen LogP contribution in [0.5, 0.6) is 5.75 Å². The summed E-state index contributed by atoms with van der Waals surface area (Å²) in [6.45, 7) is -2.51. The van der Waals surface area contributed by atoms with Crippen molar-refractivity contribution in [3.8, 4) is 5.75 Å². The lowest BCUT2D eigenvalue weighted by Crippen LogP contribution is -2.03. The molecule has 5 nitrogen and oxygen atoms in total. The first kappa shape index (κ1) is 11.3. The zero-order valence-corrected chi connectivity index (χ0v) is 7.26. The first-order chi connectivity index (χ1) is 7.02. The molecule has 0 aliphatic carbocycles. The van der Waals surface area contributed by atoms with Gasteiger partial charge in [-0.3, -0.25) is 10.1 Å². The third kappa shape index (κ3) is 3.13. The molecule has 1 aromatic rings. The van der Waals surface area contributed by atoms with E-state index in [-0.39, 0.29) is 11.3 Å². The lowest BCUT2D eigenvalue weighted by atomic mass is 10.2. The van der Waals surface area contributed by atoms with Gasteiger partial charge < -0.3 is 9.84 Å². The molecule has 0 aromatic heterocycles. The molecule has 0 fully saturated rings. The second-order valence-electron chi connectivity index (χ2n) is 2.52. The van der Waals surface area contributed by atoms with E-state index < -0.39 is 17.2 Å². The van der Waals surface area contributed by atoms with Crippen LogP contribution < -0.4 is 4.74 Å². The molecule has 0 aliphatic heterocycles. The van der Waals surface area contributed by atoms with E-state index in [0.717, 1.165) is 18.2 Å². The van der Waals surface area contributed by atoms with Crippen LogP contribution in [-0.4, -0.2) is 16.6 Å². The van der Waals surface area contributed by atoms with Gasteiger partial charge in [-0.2, -0.15) is 8.78 Å². The maximum Gasteiger partial charge on any atom is 0.387 e. The molecular weight excluding hydrogens is 212 g/mol. The second kappa shape index (κ2) is 4.65. The van der Waals surface area contributed by atoms with Crippen molar-refractivity contribution >= 4 is 5.69 Å². The molecule has 1 aromatic carbocycles. The Morgan fingerprint density at radius 2 is 2.13 bits per heavy atom. The number of hydrogen-bond acceptors (Lipinski definition) is 4. The van der Waals surface area contributed by atoms with Crippen molar-refractivity contribution < 1.29 is 23.5 Å². The molecule has 0 saturated carbocycles. The SMILES string of the molecule is O=[N+]([O-])c1cc([CH]O)cc(OC(F)F)c1. The molecular formula is C8H6F2NO4. The number of nitrogens with zero attached hydrogens (tertiary/aromatic N) is 1. The van der Waals surface area contributed by atoms with Gasteiger partial charge in [-0.15, -0.1) is 0 Å². The number of nitro benzene ring substituents is 1. The third-order valence-electron chi connectivity index (χ3n) is 1.50. The van der Waals surface area contributed by atoms with Crippen molar-refractivity contribution in [2.75, 3.05) is 0 Å². The number of ether oxygens (including phenoxy) is 1. The number of aliphatic hydroxyl groups excluding tert-OH is 1. The average molecular weight is 218 g/mol. The summed E-state index contributed by atoms with van der Waals surface area (Å²) in [6.07, 6.45) is 0. The van der Waals surface area contributed by atoms with Crippen LogP contribution in [0.1, 0.15) is 5.56 Å². The highest BCUT2D eigenvalue weighted by molar-refractivity contribution is 5.44. The number of non-ortho nitro benzene ring substituents is 1. The molecule has 15 heavy (non-hydrogen) atoms. The van der Waals surface area contributed by atoms with Gasteiger partial charge in [-0.05, 0) is 11.6 Å². The molecule has 0 bridgehead atoms. The van der Waals surface area contributed by atoms with Crippen molar-refractivity contribution in [3.05, 3.63) is 40.5 Å². The monoisotopic (exact) mass is 218 g/mol. The fraction of sp³-hybridized carbons (Fsp3) is 0.125. The minimum atomic E-state index is -3.07. The Bertz CT molecular complexity index is 370. The van der Waals surface area contributed by atoms with Crippen LogP contribution in [0.25, 0.3) is 0 Å². The average Bonchev–Trinajstić information content (AvgIpc) is 2.16. The normalized spacial score (nSPS) is 10.4. The van der Waals surface area contributed by atoms with E-state index >= 15 is 0 Å². The maximum absolute atomic E-state index is 11.8. The number of hydrogen-bond donors (Lipinski definition) is 1. The molecule has 0 spiro atoms. The maximum atomic E-state index is 11.8. The molecule has 0 heterocycles. The molecule has 0 atom stereocenters. The summed E-state index contributed by atoms with van der Waals surface area (Å²) in [5.41, 5.74) is -0.423. The summed E-state index contributed by atoms with van der Waals surface area (Å²) in [5, 5.41) is 19.0. The number of alkyl halides is 2. The summed E-state index contributed by atoms with van der Waals surface area (Å²) in [4.78, 5) is 9.60. The lowest BCUT2D eigenvalue weighted by molar-refractivity contribution is -0.385. The van der Waals surface area contributed by atoms with E-state index in [1.54, 1.807) is 0 Å². The zero-order chi connectivity index (χ0) is 11.4. The Morgan fingerprint density at radius 3 is 2.60 bits per heavy atom. The van der Waals surface area contributed by atoms with E-state index in [2.05, 4.69) is 4.74 Å². The molecule has 0 aliphatic rings. The van der Waals surface area contributed by atoms with E-state index in [1.807, 2.05) is 0 Å². The Balaban J connectivity index is 3.05. The number of halogens is 2. The van der Waals surface area contributed by atoms with E-state index in [1.165, 1.54) is 0 Å². The lowest BCUT2D eigenvalue weighted by Gasteiger charge is -2.05. The molecule has 0 saturated heterocycles. The van der Waals surface area contributed by atoms with Gasteiger partial charge in [-0.1, -0.05) is 0 Å².